The lowest BCUT2D eigenvalue weighted by atomic mass is 9.96. The van der Waals surface area contributed by atoms with Crippen LogP contribution in [0.3, 0.4) is 0 Å². The molecule has 3 aromatic rings. The number of aryl methyl sites for hydroxylation is 2. The summed E-state index contributed by atoms with van der Waals surface area (Å²) >= 11 is 0. The summed E-state index contributed by atoms with van der Waals surface area (Å²) in [5.74, 6) is 0. The van der Waals surface area contributed by atoms with Crippen molar-refractivity contribution in [2.75, 3.05) is 0 Å². The number of nitrogens with zero attached hydrogens (tertiary/aromatic N) is 1. The number of benzene rings is 2. The second kappa shape index (κ2) is 4.67. The third-order valence-corrected chi connectivity index (χ3v) is 3.81. The molecule has 94 valence electrons. The van der Waals surface area contributed by atoms with E-state index in [0.29, 0.717) is 0 Å². The number of rotatable bonds is 0. The number of pyridine rings is 1. The van der Waals surface area contributed by atoms with Gasteiger partial charge >= 0.3 is 0 Å². The van der Waals surface area contributed by atoms with Crippen molar-refractivity contribution in [3.63, 3.8) is 0 Å². The Balaban J connectivity index is 0.00000110. The fourth-order valence-electron chi connectivity index (χ4n) is 2.87. The van der Waals surface area contributed by atoms with Crippen LogP contribution < -0.4 is 17.0 Å². The van der Waals surface area contributed by atoms with Crippen LogP contribution in [0.15, 0.2) is 60.8 Å². The summed E-state index contributed by atoms with van der Waals surface area (Å²) in [5.41, 5.74) is 4.19. The monoisotopic (exact) mass is 267 g/mol. The Morgan fingerprint density at radius 1 is 0.842 bits per heavy atom. The van der Waals surface area contributed by atoms with Crippen molar-refractivity contribution in [1.82, 2.24) is 0 Å². The van der Waals surface area contributed by atoms with Crippen molar-refractivity contribution in [2.45, 2.75) is 13.0 Å². The summed E-state index contributed by atoms with van der Waals surface area (Å²) in [5, 5.41) is 2.64. The highest BCUT2D eigenvalue weighted by molar-refractivity contribution is 5.84. The first-order valence-electron chi connectivity index (χ1n) is 6.42. The summed E-state index contributed by atoms with van der Waals surface area (Å²) in [4.78, 5) is 0. The van der Waals surface area contributed by atoms with Crippen molar-refractivity contribution in [1.29, 1.82) is 0 Å². The van der Waals surface area contributed by atoms with Crippen LogP contribution in [0.1, 0.15) is 5.56 Å². The molecular weight excluding hydrogens is 254 g/mol. The van der Waals surface area contributed by atoms with Crippen molar-refractivity contribution < 1.29 is 17.0 Å². The van der Waals surface area contributed by atoms with Crippen LogP contribution in [-0.2, 0) is 13.0 Å². The highest BCUT2D eigenvalue weighted by Crippen LogP contribution is 2.27. The molecule has 1 nitrogen and oxygen atoms in total. The third kappa shape index (κ3) is 1.91. The lowest BCUT2D eigenvalue weighted by Gasteiger charge is -2.14. The number of fused-ring (bicyclic) bond motifs is 4. The molecule has 1 aromatic heterocycles. The first-order chi connectivity index (χ1) is 8.92. The molecule has 0 fully saturated rings. The van der Waals surface area contributed by atoms with Gasteiger partial charge in [0.25, 0.3) is 0 Å². The fourth-order valence-corrected chi connectivity index (χ4v) is 2.87. The zero-order chi connectivity index (χ0) is 11.9. The van der Waals surface area contributed by atoms with Crippen LogP contribution in [0.2, 0.25) is 0 Å². The molecule has 0 N–H and O–H groups in total. The minimum absolute atomic E-state index is 0. The van der Waals surface area contributed by atoms with Gasteiger partial charge in [-0.2, -0.15) is 4.57 Å². The summed E-state index contributed by atoms with van der Waals surface area (Å²) in [6.07, 6.45) is 3.41. The number of aromatic nitrogens is 1. The Bertz CT molecular complexity index is 749. The van der Waals surface area contributed by atoms with Gasteiger partial charge in [0.15, 0.2) is 12.7 Å². The van der Waals surface area contributed by atoms with E-state index in [1.165, 1.54) is 27.6 Å². The second-order valence-corrected chi connectivity index (χ2v) is 4.89. The number of hydrogen-bond acceptors (Lipinski definition) is 0. The molecule has 1 aliphatic rings. The Kier molecular flexibility index (Phi) is 3.00. The quantitative estimate of drug-likeness (QED) is 0.518. The predicted molar refractivity (Wildman–Crippen MR) is 73.3 cm³/mol. The molecule has 19 heavy (non-hydrogen) atoms. The highest BCUT2D eigenvalue weighted by Gasteiger charge is 2.22. The van der Waals surface area contributed by atoms with E-state index in [1.54, 1.807) is 0 Å². The SMILES string of the molecule is [Cl-].c1ccc2c(c1)CC[n+]1cc3ccccc3cc1-2. The molecule has 0 spiro atoms. The second-order valence-electron chi connectivity index (χ2n) is 4.89. The van der Waals surface area contributed by atoms with Gasteiger partial charge in [-0.1, -0.05) is 36.4 Å². The molecule has 0 bridgehead atoms. The van der Waals surface area contributed by atoms with Gasteiger partial charge in [0, 0.05) is 23.4 Å². The van der Waals surface area contributed by atoms with Gasteiger partial charge in [-0.3, -0.25) is 0 Å². The number of hydrogen-bond donors (Lipinski definition) is 0. The van der Waals surface area contributed by atoms with E-state index in [4.69, 9.17) is 0 Å². The summed E-state index contributed by atoms with van der Waals surface area (Å²) in [6.45, 7) is 1.08. The van der Waals surface area contributed by atoms with E-state index in [-0.39, 0.29) is 12.4 Å². The van der Waals surface area contributed by atoms with E-state index in [0.717, 1.165) is 13.0 Å². The number of halogens is 1. The van der Waals surface area contributed by atoms with Crippen LogP contribution in [0.25, 0.3) is 22.0 Å². The van der Waals surface area contributed by atoms with Gasteiger partial charge in [-0.15, -0.1) is 0 Å². The van der Waals surface area contributed by atoms with E-state index in [9.17, 15) is 0 Å². The molecule has 0 atom stereocenters. The summed E-state index contributed by atoms with van der Waals surface area (Å²) < 4.78 is 2.38. The van der Waals surface area contributed by atoms with Gasteiger partial charge in [-0.25, -0.2) is 0 Å². The molecule has 0 unspecified atom stereocenters. The molecule has 2 aromatic carbocycles. The summed E-state index contributed by atoms with van der Waals surface area (Å²) in [6, 6.07) is 19.6. The highest BCUT2D eigenvalue weighted by atomic mass is 35.5. The largest absolute Gasteiger partial charge is 1.00 e. The lowest BCUT2D eigenvalue weighted by Crippen LogP contribution is -3.00. The van der Waals surface area contributed by atoms with Crippen LogP contribution in [-0.4, -0.2) is 0 Å². The minimum Gasteiger partial charge on any atom is -1.00 e. The molecule has 0 radical (unpaired) electrons. The Labute approximate surface area is 118 Å². The van der Waals surface area contributed by atoms with Gasteiger partial charge in [0.05, 0.1) is 0 Å². The van der Waals surface area contributed by atoms with Gasteiger partial charge < -0.3 is 12.4 Å². The molecule has 0 amide bonds. The zero-order valence-electron chi connectivity index (χ0n) is 10.5. The van der Waals surface area contributed by atoms with Crippen LogP contribution in [0, 0.1) is 0 Å². The maximum Gasteiger partial charge on any atom is 0.213 e. The first-order valence-corrected chi connectivity index (χ1v) is 6.42. The molecule has 2 heteroatoms. The lowest BCUT2D eigenvalue weighted by molar-refractivity contribution is -0.686. The Morgan fingerprint density at radius 2 is 1.58 bits per heavy atom. The van der Waals surface area contributed by atoms with E-state index in [1.807, 2.05) is 0 Å². The Morgan fingerprint density at radius 3 is 2.47 bits per heavy atom. The minimum atomic E-state index is 0. The average molecular weight is 268 g/mol. The van der Waals surface area contributed by atoms with Crippen molar-refractivity contribution in [3.8, 4) is 11.3 Å². The third-order valence-electron chi connectivity index (χ3n) is 3.81. The molecule has 1 aliphatic heterocycles. The molecule has 0 saturated carbocycles. The van der Waals surface area contributed by atoms with Gasteiger partial charge in [-0.05, 0) is 23.1 Å². The van der Waals surface area contributed by atoms with E-state index in [2.05, 4.69) is 65.4 Å². The van der Waals surface area contributed by atoms with Crippen molar-refractivity contribution >= 4 is 10.8 Å². The topological polar surface area (TPSA) is 3.88 Å². The maximum atomic E-state index is 2.38. The Hall–Kier alpha value is -1.86. The van der Waals surface area contributed by atoms with Crippen LogP contribution in [0.5, 0.6) is 0 Å². The normalized spacial score (nSPS) is 12.4. The molecular formula is C17H14ClN. The molecule has 2 heterocycles. The smallest absolute Gasteiger partial charge is 0.213 e. The van der Waals surface area contributed by atoms with Gasteiger partial charge in [0.2, 0.25) is 5.69 Å². The van der Waals surface area contributed by atoms with Crippen molar-refractivity contribution in [3.05, 3.63) is 66.4 Å². The maximum absolute atomic E-state index is 2.38. The zero-order valence-corrected chi connectivity index (χ0v) is 11.3. The van der Waals surface area contributed by atoms with E-state index < -0.39 is 0 Å². The van der Waals surface area contributed by atoms with Crippen LogP contribution >= 0.6 is 0 Å². The standard InChI is InChI=1S/C17H14N.ClH/c1-2-7-15-12-18-10-9-13-5-3-4-8-16(13)17(18)11-14(15)6-1;/h1-8,11-12H,9-10H2;1H/q+1;/p-1. The molecule has 4 rings (SSSR count). The summed E-state index contributed by atoms with van der Waals surface area (Å²) in [7, 11) is 0. The van der Waals surface area contributed by atoms with Crippen molar-refractivity contribution in [2.24, 2.45) is 0 Å². The fraction of sp³-hybridized carbons (Fsp3) is 0.118. The molecule has 0 saturated heterocycles. The van der Waals surface area contributed by atoms with E-state index >= 15 is 0 Å². The predicted octanol–water partition coefficient (Wildman–Crippen LogP) is 0.354. The average Bonchev–Trinajstić information content (AvgIpc) is 2.45. The van der Waals surface area contributed by atoms with Gasteiger partial charge in [0.1, 0.15) is 0 Å². The first kappa shape index (κ1) is 12.2. The van der Waals surface area contributed by atoms with Crippen LogP contribution in [0.4, 0.5) is 0 Å². The molecule has 0 aliphatic carbocycles.